The molecule has 0 radical (unpaired) electrons. The number of aryl methyl sites for hydroxylation is 1. The van der Waals surface area contributed by atoms with Crippen molar-refractivity contribution in [1.82, 2.24) is 10.2 Å². The summed E-state index contributed by atoms with van der Waals surface area (Å²) in [6.45, 7) is 3.82. The SMILES string of the molecule is CCCc1nnc(NC(=O)c2ccccc2S(=O)(=O)CCC)s1. The number of aromatic nitrogens is 2. The summed E-state index contributed by atoms with van der Waals surface area (Å²) in [7, 11) is -3.48. The molecule has 0 saturated heterocycles. The number of nitrogens with zero attached hydrogens (tertiary/aromatic N) is 2. The molecule has 124 valence electrons. The van der Waals surface area contributed by atoms with E-state index in [1.807, 2.05) is 6.92 Å². The molecule has 1 amide bonds. The monoisotopic (exact) mass is 353 g/mol. The molecule has 0 atom stereocenters. The predicted molar refractivity (Wildman–Crippen MR) is 90.6 cm³/mol. The summed E-state index contributed by atoms with van der Waals surface area (Å²) in [5, 5.41) is 11.8. The first-order valence-electron chi connectivity index (χ1n) is 7.43. The Morgan fingerprint density at radius 2 is 1.91 bits per heavy atom. The van der Waals surface area contributed by atoms with E-state index in [4.69, 9.17) is 0 Å². The van der Waals surface area contributed by atoms with E-state index in [-0.39, 0.29) is 16.2 Å². The van der Waals surface area contributed by atoms with Gasteiger partial charge in [0, 0.05) is 6.42 Å². The number of carbonyl (C=O) groups excluding carboxylic acids is 1. The number of anilines is 1. The average molecular weight is 353 g/mol. The summed E-state index contributed by atoms with van der Waals surface area (Å²) in [6.07, 6.45) is 2.24. The standard InChI is InChI=1S/C15H19N3O3S2/c1-3-7-13-17-18-15(22-13)16-14(19)11-8-5-6-9-12(11)23(20,21)10-4-2/h5-6,8-9H,3-4,7,10H2,1-2H3,(H,16,18,19). The topological polar surface area (TPSA) is 89.0 Å². The quantitative estimate of drug-likeness (QED) is 0.826. The Balaban J connectivity index is 2.25. The lowest BCUT2D eigenvalue weighted by Crippen LogP contribution is -2.17. The van der Waals surface area contributed by atoms with Gasteiger partial charge in [-0.05, 0) is 25.0 Å². The third-order valence-electron chi connectivity index (χ3n) is 3.09. The molecule has 0 fully saturated rings. The van der Waals surface area contributed by atoms with E-state index in [1.54, 1.807) is 19.1 Å². The third kappa shape index (κ3) is 4.35. The number of hydrogen-bond donors (Lipinski definition) is 1. The molecule has 2 rings (SSSR count). The van der Waals surface area contributed by atoms with Crippen molar-refractivity contribution in [3.63, 3.8) is 0 Å². The summed E-state index contributed by atoms with van der Waals surface area (Å²) in [5.41, 5.74) is 0.133. The van der Waals surface area contributed by atoms with Gasteiger partial charge in [0.05, 0.1) is 16.2 Å². The molecular formula is C15H19N3O3S2. The van der Waals surface area contributed by atoms with Crippen LogP contribution in [0.15, 0.2) is 29.2 Å². The molecule has 8 heteroatoms. The fourth-order valence-electron chi connectivity index (χ4n) is 2.09. The van der Waals surface area contributed by atoms with Gasteiger partial charge < -0.3 is 0 Å². The number of hydrogen-bond acceptors (Lipinski definition) is 6. The fraction of sp³-hybridized carbons (Fsp3) is 0.400. The first-order chi connectivity index (χ1) is 11.0. The second-order valence-corrected chi connectivity index (χ2v) is 8.16. The van der Waals surface area contributed by atoms with Crippen molar-refractivity contribution in [1.29, 1.82) is 0 Å². The number of benzene rings is 1. The van der Waals surface area contributed by atoms with Crippen LogP contribution in [-0.2, 0) is 16.3 Å². The molecule has 0 aliphatic carbocycles. The summed E-state index contributed by atoms with van der Waals surface area (Å²) in [5.74, 6) is -0.476. The second-order valence-electron chi connectivity index (χ2n) is 5.02. The van der Waals surface area contributed by atoms with E-state index in [1.165, 1.54) is 23.5 Å². The Hall–Kier alpha value is -1.80. The van der Waals surface area contributed by atoms with Crippen molar-refractivity contribution < 1.29 is 13.2 Å². The van der Waals surface area contributed by atoms with Gasteiger partial charge in [0.15, 0.2) is 9.84 Å². The molecule has 0 bridgehead atoms. The highest BCUT2D eigenvalue weighted by Crippen LogP contribution is 2.21. The maximum absolute atomic E-state index is 12.4. The van der Waals surface area contributed by atoms with Crippen LogP contribution in [0.25, 0.3) is 0 Å². The van der Waals surface area contributed by atoms with Crippen LogP contribution in [0.2, 0.25) is 0 Å². The Kier molecular flexibility index (Phi) is 5.84. The van der Waals surface area contributed by atoms with Gasteiger partial charge in [-0.1, -0.05) is 37.3 Å². The van der Waals surface area contributed by atoms with Crippen LogP contribution in [0.1, 0.15) is 42.1 Å². The van der Waals surface area contributed by atoms with E-state index in [0.29, 0.717) is 11.6 Å². The van der Waals surface area contributed by atoms with Gasteiger partial charge >= 0.3 is 0 Å². The van der Waals surface area contributed by atoms with Crippen molar-refractivity contribution in [3.8, 4) is 0 Å². The van der Waals surface area contributed by atoms with E-state index in [2.05, 4.69) is 15.5 Å². The van der Waals surface area contributed by atoms with E-state index in [9.17, 15) is 13.2 Å². The molecule has 0 aliphatic rings. The van der Waals surface area contributed by atoms with Crippen LogP contribution < -0.4 is 5.32 Å². The number of carbonyl (C=O) groups is 1. The average Bonchev–Trinajstić information content (AvgIpc) is 2.95. The van der Waals surface area contributed by atoms with E-state index in [0.717, 1.165) is 17.8 Å². The highest BCUT2D eigenvalue weighted by Gasteiger charge is 2.22. The molecule has 1 aromatic carbocycles. The Labute approximate surface area is 139 Å². The minimum atomic E-state index is -3.48. The third-order valence-corrected chi connectivity index (χ3v) is 5.96. The lowest BCUT2D eigenvalue weighted by Gasteiger charge is -2.09. The molecule has 23 heavy (non-hydrogen) atoms. The molecule has 1 heterocycles. The minimum absolute atomic E-state index is 0.0107. The summed E-state index contributed by atoms with van der Waals surface area (Å²) in [6, 6.07) is 6.22. The van der Waals surface area contributed by atoms with Crippen molar-refractivity contribution in [3.05, 3.63) is 34.8 Å². The summed E-state index contributed by atoms with van der Waals surface area (Å²) < 4.78 is 24.6. The largest absolute Gasteiger partial charge is 0.296 e. The second kappa shape index (κ2) is 7.65. The molecule has 0 aliphatic heterocycles. The van der Waals surface area contributed by atoms with Gasteiger partial charge in [0.1, 0.15) is 5.01 Å². The highest BCUT2D eigenvalue weighted by molar-refractivity contribution is 7.91. The summed E-state index contributed by atoms with van der Waals surface area (Å²) in [4.78, 5) is 12.5. The van der Waals surface area contributed by atoms with Gasteiger partial charge in [0.25, 0.3) is 5.91 Å². The number of sulfone groups is 1. The van der Waals surface area contributed by atoms with Crippen LogP contribution in [0.4, 0.5) is 5.13 Å². The zero-order valence-corrected chi connectivity index (χ0v) is 14.7. The fourth-order valence-corrected chi connectivity index (χ4v) is 4.46. The number of rotatable bonds is 7. The Morgan fingerprint density at radius 3 is 2.61 bits per heavy atom. The maximum Gasteiger partial charge on any atom is 0.258 e. The lowest BCUT2D eigenvalue weighted by atomic mass is 10.2. The van der Waals surface area contributed by atoms with Gasteiger partial charge in [-0.15, -0.1) is 10.2 Å². The van der Waals surface area contributed by atoms with Crippen LogP contribution in [-0.4, -0.2) is 30.3 Å². The normalized spacial score (nSPS) is 11.4. The summed E-state index contributed by atoms with van der Waals surface area (Å²) >= 11 is 1.30. The molecule has 2 aromatic rings. The zero-order chi connectivity index (χ0) is 16.9. The van der Waals surface area contributed by atoms with Crippen molar-refractivity contribution >= 4 is 32.2 Å². The van der Waals surface area contributed by atoms with Gasteiger partial charge in [-0.25, -0.2) is 8.42 Å². The molecule has 1 N–H and O–H groups in total. The van der Waals surface area contributed by atoms with Crippen molar-refractivity contribution in [2.45, 2.75) is 38.0 Å². The minimum Gasteiger partial charge on any atom is -0.296 e. The number of nitrogens with one attached hydrogen (secondary N) is 1. The number of amides is 1. The van der Waals surface area contributed by atoms with Crippen LogP contribution in [0, 0.1) is 0 Å². The molecule has 0 unspecified atom stereocenters. The zero-order valence-electron chi connectivity index (χ0n) is 13.1. The predicted octanol–water partition coefficient (Wildman–Crippen LogP) is 2.93. The van der Waals surface area contributed by atoms with Crippen LogP contribution >= 0.6 is 11.3 Å². The molecular weight excluding hydrogens is 334 g/mol. The smallest absolute Gasteiger partial charge is 0.258 e. The first kappa shape index (κ1) is 17.6. The van der Waals surface area contributed by atoms with Crippen molar-refractivity contribution in [2.75, 3.05) is 11.1 Å². The van der Waals surface area contributed by atoms with Gasteiger partial charge in [0.2, 0.25) is 5.13 Å². The molecule has 1 aromatic heterocycles. The lowest BCUT2D eigenvalue weighted by molar-refractivity contribution is 0.102. The van der Waals surface area contributed by atoms with Gasteiger partial charge in [-0.2, -0.15) is 0 Å². The van der Waals surface area contributed by atoms with E-state index < -0.39 is 15.7 Å². The van der Waals surface area contributed by atoms with E-state index >= 15 is 0 Å². The highest BCUT2D eigenvalue weighted by atomic mass is 32.2. The van der Waals surface area contributed by atoms with Gasteiger partial charge in [-0.3, -0.25) is 10.1 Å². The van der Waals surface area contributed by atoms with Crippen molar-refractivity contribution in [2.24, 2.45) is 0 Å². The Bertz CT molecular complexity index is 785. The van der Waals surface area contributed by atoms with Crippen LogP contribution in [0.3, 0.4) is 0 Å². The first-order valence-corrected chi connectivity index (χ1v) is 9.90. The molecule has 6 nitrogen and oxygen atoms in total. The molecule has 0 saturated carbocycles. The maximum atomic E-state index is 12.4. The molecule has 0 spiro atoms. The Morgan fingerprint density at radius 1 is 1.17 bits per heavy atom. The van der Waals surface area contributed by atoms with Crippen LogP contribution in [0.5, 0.6) is 0 Å².